The lowest BCUT2D eigenvalue weighted by Gasteiger charge is -2.09. The summed E-state index contributed by atoms with van der Waals surface area (Å²) in [5.74, 6) is 0.189. The van der Waals surface area contributed by atoms with E-state index in [1.807, 2.05) is 24.3 Å². The Hall–Kier alpha value is -2.30. The average Bonchev–Trinajstić information content (AvgIpc) is 2.39. The van der Waals surface area contributed by atoms with Crippen LogP contribution in [0.3, 0.4) is 0 Å². The Bertz CT molecular complexity index is 508. The Morgan fingerprint density at radius 1 is 1.28 bits per heavy atom. The van der Waals surface area contributed by atoms with Gasteiger partial charge >= 0.3 is 0 Å². The quantitative estimate of drug-likeness (QED) is 0.814. The second kappa shape index (κ2) is 5.35. The third-order valence-electron chi connectivity index (χ3n) is 2.57. The highest BCUT2D eigenvalue weighted by atomic mass is 19.1. The number of rotatable bonds is 4. The molecule has 94 valence electrons. The van der Waals surface area contributed by atoms with Gasteiger partial charge in [0.2, 0.25) is 5.95 Å². The SMILES string of the molecule is COc1ccc(CNc2c(N)ccnc2F)cc1. The first-order valence-electron chi connectivity index (χ1n) is 5.47. The number of nitrogens with zero attached hydrogens (tertiary/aromatic N) is 1. The van der Waals surface area contributed by atoms with E-state index >= 15 is 0 Å². The molecule has 1 aromatic carbocycles. The van der Waals surface area contributed by atoms with Crippen molar-refractivity contribution < 1.29 is 9.13 Å². The van der Waals surface area contributed by atoms with Crippen molar-refractivity contribution in [1.82, 2.24) is 4.98 Å². The first-order valence-corrected chi connectivity index (χ1v) is 5.47. The number of ether oxygens (including phenoxy) is 1. The summed E-state index contributed by atoms with van der Waals surface area (Å²) >= 11 is 0. The zero-order chi connectivity index (χ0) is 13.0. The van der Waals surface area contributed by atoms with Crippen molar-refractivity contribution >= 4 is 11.4 Å². The van der Waals surface area contributed by atoms with Crippen LogP contribution >= 0.6 is 0 Å². The molecule has 4 nitrogen and oxygen atoms in total. The number of benzene rings is 1. The van der Waals surface area contributed by atoms with E-state index in [4.69, 9.17) is 10.5 Å². The molecule has 3 N–H and O–H groups in total. The van der Waals surface area contributed by atoms with Crippen LogP contribution < -0.4 is 15.8 Å². The van der Waals surface area contributed by atoms with Crippen LogP contribution in [-0.2, 0) is 6.54 Å². The van der Waals surface area contributed by atoms with Crippen LogP contribution in [-0.4, -0.2) is 12.1 Å². The third-order valence-corrected chi connectivity index (χ3v) is 2.57. The van der Waals surface area contributed by atoms with Crippen LogP contribution in [0.4, 0.5) is 15.8 Å². The molecule has 0 spiro atoms. The molecule has 0 radical (unpaired) electrons. The Balaban J connectivity index is 2.06. The summed E-state index contributed by atoms with van der Waals surface area (Å²) in [6.45, 7) is 0.469. The van der Waals surface area contributed by atoms with Crippen molar-refractivity contribution in [3.8, 4) is 5.75 Å². The standard InChI is InChI=1S/C13H14FN3O/c1-18-10-4-2-9(3-5-10)8-17-12-11(15)6-7-16-13(12)14/h2-7,17H,8H2,1H3,(H2,15,16). The highest BCUT2D eigenvalue weighted by Gasteiger charge is 2.06. The van der Waals surface area contributed by atoms with Crippen LogP contribution in [0.5, 0.6) is 5.75 Å². The van der Waals surface area contributed by atoms with Crippen molar-refractivity contribution in [2.24, 2.45) is 0 Å². The first kappa shape index (κ1) is 12.2. The maximum Gasteiger partial charge on any atom is 0.238 e. The summed E-state index contributed by atoms with van der Waals surface area (Å²) in [5, 5.41) is 2.93. The minimum Gasteiger partial charge on any atom is -0.497 e. The van der Waals surface area contributed by atoms with Crippen LogP contribution in [0, 0.1) is 5.95 Å². The molecule has 0 saturated heterocycles. The lowest BCUT2D eigenvalue weighted by Crippen LogP contribution is -2.05. The lowest BCUT2D eigenvalue weighted by atomic mass is 10.2. The molecule has 0 bridgehead atoms. The molecule has 0 fully saturated rings. The van der Waals surface area contributed by atoms with Gasteiger partial charge in [-0.05, 0) is 23.8 Å². The van der Waals surface area contributed by atoms with E-state index in [0.717, 1.165) is 11.3 Å². The first-order chi connectivity index (χ1) is 8.70. The molecular weight excluding hydrogens is 233 g/mol. The zero-order valence-corrected chi connectivity index (χ0v) is 9.98. The Morgan fingerprint density at radius 2 is 2.00 bits per heavy atom. The van der Waals surface area contributed by atoms with Gasteiger partial charge in [-0.15, -0.1) is 0 Å². The molecule has 1 heterocycles. The fraction of sp³-hybridized carbons (Fsp3) is 0.154. The van der Waals surface area contributed by atoms with Gasteiger partial charge in [0, 0.05) is 12.7 Å². The van der Waals surface area contributed by atoms with E-state index < -0.39 is 5.95 Å². The maximum absolute atomic E-state index is 13.4. The van der Waals surface area contributed by atoms with E-state index in [0.29, 0.717) is 12.2 Å². The number of aromatic nitrogens is 1. The Labute approximate surface area is 105 Å². The largest absolute Gasteiger partial charge is 0.497 e. The molecular formula is C13H14FN3O. The van der Waals surface area contributed by atoms with E-state index in [1.165, 1.54) is 6.20 Å². The second-order valence-corrected chi connectivity index (χ2v) is 3.77. The van der Waals surface area contributed by atoms with Gasteiger partial charge in [0.1, 0.15) is 11.4 Å². The van der Waals surface area contributed by atoms with Crippen molar-refractivity contribution in [1.29, 1.82) is 0 Å². The summed E-state index contributed by atoms with van der Waals surface area (Å²) in [6, 6.07) is 9.05. The lowest BCUT2D eigenvalue weighted by molar-refractivity contribution is 0.414. The van der Waals surface area contributed by atoms with Gasteiger partial charge in [-0.1, -0.05) is 12.1 Å². The number of methoxy groups -OCH3 is 1. The smallest absolute Gasteiger partial charge is 0.238 e. The molecule has 0 amide bonds. The monoisotopic (exact) mass is 247 g/mol. The molecule has 2 aromatic rings. The van der Waals surface area contributed by atoms with Gasteiger partial charge in [-0.25, -0.2) is 4.98 Å². The summed E-state index contributed by atoms with van der Waals surface area (Å²) in [7, 11) is 1.61. The van der Waals surface area contributed by atoms with Crippen LogP contribution in [0.15, 0.2) is 36.5 Å². The fourth-order valence-corrected chi connectivity index (χ4v) is 1.56. The van der Waals surface area contributed by atoms with Gasteiger partial charge in [0.05, 0.1) is 12.8 Å². The van der Waals surface area contributed by atoms with Crippen LogP contribution in [0.25, 0.3) is 0 Å². The molecule has 0 aliphatic heterocycles. The predicted molar refractivity (Wildman–Crippen MR) is 68.9 cm³/mol. The summed E-state index contributed by atoms with van der Waals surface area (Å²) in [6.07, 6.45) is 1.34. The summed E-state index contributed by atoms with van der Waals surface area (Å²) in [4.78, 5) is 3.55. The van der Waals surface area contributed by atoms with Gasteiger partial charge in [-0.2, -0.15) is 4.39 Å². The molecule has 0 saturated carbocycles. The predicted octanol–water partition coefficient (Wildman–Crippen LogP) is 2.42. The van der Waals surface area contributed by atoms with Crippen LogP contribution in [0.1, 0.15) is 5.56 Å². The number of hydrogen-bond acceptors (Lipinski definition) is 4. The van der Waals surface area contributed by atoms with Gasteiger partial charge in [-0.3, -0.25) is 0 Å². The van der Waals surface area contributed by atoms with Crippen molar-refractivity contribution in [3.63, 3.8) is 0 Å². The van der Waals surface area contributed by atoms with Gasteiger partial charge in [0.15, 0.2) is 0 Å². The van der Waals surface area contributed by atoms with E-state index in [2.05, 4.69) is 10.3 Å². The van der Waals surface area contributed by atoms with Crippen molar-refractivity contribution in [3.05, 3.63) is 48.0 Å². The minimum atomic E-state index is -0.594. The topological polar surface area (TPSA) is 60.2 Å². The Morgan fingerprint density at radius 3 is 2.61 bits per heavy atom. The number of anilines is 2. The minimum absolute atomic E-state index is 0.230. The fourth-order valence-electron chi connectivity index (χ4n) is 1.56. The normalized spacial score (nSPS) is 10.1. The number of nitrogens with one attached hydrogen (secondary N) is 1. The summed E-state index contributed by atoms with van der Waals surface area (Å²) in [5.41, 5.74) is 7.24. The zero-order valence-electron chi connectivity index (χ0n) is 9.98. The number of pyridine rings is 1. The molecule has 0 unspecified atom stereocenters. The van der Waals surface area contributed by atoms with E-state index in [1.54, 1.807) is 13.2 Å². The number of halogens is 1. The van der Waals surface area contributed by atoms with Gasteiger partial charge in [0.25, 0.3) is 0 Å². The molecule has 1 aromatic heterocycles. The summed E-state index contributed by atoms with van der Waals surface area (Å²) < 4.78 is 18.5. The number of nitrogens with two attached hydrogens (primary N) is 1. The number of nitrogen functional groups attached to an aromatic ring is 1. The van der Waals surface area contributed by atoms with Crippen molar-refractivity contribution in [2.75, 3.05) is 18.2 Å². The number of hydrogen-bond donors (Lipinski definition) is 2. The third kappa shape index (κ3) is 2.68. The molecule has 0 aliphatic carbocycles. The maximum atomic E-state index is 13.4. The molecule has 0 atom stereocenters. The second-order valence-electron chi connectivity index (χ2n) is 3.77. The van der Waals surface area contributed by atoms with Gasteiger partial charge < -0.3 is 15.8 Å². The Kier molecular flexibility index (Phi) is 3.62. The highest BCUT2D eigenvalue weighted by Crippen LogP contribution is 2.21. The van der Waals surface area contributed by atoms with E-state index in [9.17, 15) is 4.39 Å². The van der Waals surface area contributed by atoms with Crippen molar-refractivity contribution in [2.45, 2.75) is 6.54 Å². The molecule has 0 aliphatic rings. The molecule has 2 rings (SSSR count). The van der Waals surface area contributed by atoms with E-state index in [-0.39, 0.29) is 5.69 Å². The van der Waals surface area contributed by atoms with Crippen LogP contribution in [0.2, 0.25) is 0 Å². The molecule has 5 heteroatoms. The molecule has 18 heavy (non-hydrogen) atoms. The average molecular weight is 247 g/mol. The highest BCUT2D eigenvalue weighted by molar-refractivity contribution is 5.65.